The third-order valence-electron chi connectivity index (χ3n) is 6.68. The quantitative estimate of drug-likeness (QED) is 0.297. The highest BCUT2D eigenvalue weighted by Crippen LogP contribution is 2.31. The summed E-state index contributed by atoms with van der Waals surface area (Å²) in [7, 11) is 0. The molecule has 3 heterocycles. The van der Waals surface area contributed by atoms with E-state index in [1.165, 1.54) is 0 Å². The highest BCUT2D eigenvalue weighted by Gasteiger charge is 2.20. The molecule has 3 aromatic rings. The molecule has 3 N–H and O–H groups in total. The van der Waals surface area contributed by atoms with Gasteiger partial charge in [0.2, 0.25) is 5.91 Å². The zero-order valence-electron chi connectivity index (χ0n) is 24.1. The number of anilines is 1. The number of unbranched alkanes of at least 4 members (excludes halogenated alkanes) is 1. The molecule has 4 rings (SSSR count). The van der Waals surface area contributed by atoms with Crippen molar-refractivity contribution in [3.63, 3.8) is 0 Å². The van der Waals surface area contributed by atoms with E-state index in [0.29, 0.717) is 63.0 Å². The zero-order chi connectivity index (χ0) is 28.7. The summed E-state index contributed by atoms with van der Waals surface area (Å²) >= 11 is 0. The van der Waals surface area contributed by atoms with E-state index < -0.39 is 11.7 Å². The summed E-state index contributed by atoms with van der Waals surface area (Å²) in [6.07, 6.45) is 3.54. The van der Waals surface area contributed by atoms with Gasteiger partial charge in [0.05, 0.1) is 17.6 Å². The van der Waals surface area contributed by atoms with Crippen molar-refractivity contribution >= 4 is 39.8 Å². The maximum absolute atomic E-state index is 12.0. The van der Waals surface area contributed by atoms with Gasteiger partial charge in [0.1, 0.15) is 29.3 Å². The number of aryl methyl sites for hydroxylation is 1. The van der Waals surface area contributed by atoms with Crippen molar-refractivity contribution in [2.45, 2.75) is 78.6 Å². The lowest BCUT2D eigenvalue weighted by molar-refractivity contribution is -0.127. The second-order valence-electron chi connectivity index (χ2n) is 11.0. The van der Waals surface area contributed by atoms with Crippen LogP contribution in [0.3, 0.4) is 0 Å². The number of carbonyl (C=O) groups is 2. The Morgan fingerprint density at radius 2 is 1.98 bits per heavy atom. The standard InChI is InChI=1S/C29H42N6O5/c1-5-38-19-23-33-25-26(35(23)16-7-6-13-31-28(37)40-29(2,3)4)21-12-11-20(18-22(21)32-27(25)30)39-17-9-15-34-14-8-10-24(34)36/h11-12,18H,5-10,13-17,19H2,1-4H3,(H2,30,32)(H,31,37). The number of pyridine rings is 1. The second kappa shape index (κ2) is 13.2. The smallest absolute Gasteiger partial charge is 0.407 e. The van der Waals surface area contributed by atoms with Crippen molar-refractivity contribution in [3.8, 4) is 5.75 Å². The Balaban J connectivity index is 1.46. The van der Waals surface area contributed by atoms with E-state index in [1.54, 1.807) is 0 Å². The number of hydrogen-bond donors (Lipinski definition) is 2. The van der Waals surface area contributed by atoms with Gasteiger partial charge in [-0.15, -0.1) is 0 Å². The number of carbonyl (C=O) groups excluding carboxylic acids is 2. The molecule has 1 fully saturated rings. The van der Waals surface area contributed by atoms with E-state index in [9.17, 15) is 9.59 Å². The molecule has 218 valence electrons. The number of amides is 2. The number of benzene rings is 1. The highest BCUT2D eigenvalue weighted by molar-refractivity contribution is 6.06. The number of likely N-dealkylation sites (tertiary alicyclic amines) is 1. The van der Waals surface area contributed by atoms with E-state index in [4.69, 9.17) is 24.9 Å². The molecule has 40 heavy (non-hydrogen) atoms. The lowest BCUT2D eigenvalue weighted by Crippen LogP contribution is -2.33. The first-order valence-electron chi connectivity index (χ1n) is 14.2. The molecule has 1 aliphatic heterocycles. The summed E-state index contributed by atoms with van der Waals surface area (Å²) in [5.74, 6) is 2.08. The molecule has 0 bridgehead atoms. The fourth-order valence-electron chi connectivity index (χ4n) is 4.86. The number of rotatable bonds is 13. The largest absolute Gasteiger partial charge is 0.493 e. The third-order valence-corrected chi connectivity index (χ3v) is 6.68. The molecule has 0 aliphatic carbocycles. The van der Waals surface area contributed by atoms with Crippen molar-refractivity contribution in [2.24, 2.45) is 0 Å². The number of hydrogen-bond acceptors (Lipinski definition) is 8. The second-order valence-corrected chi connectivity index (χ2v) is 11.0. The van der Waals surface area contributed by atoms with Crippen LogP contribution >= 0.6 is 0 Å². The Kier molecular flexibility index (Phi) is 9.67. The lowest BCUT2D eigenvalue weighted by Gasteiger charge is -2.19. The number of ether oxygens (including phenoxy) is 3. The Labute approximate surface area is 235 Å². The van der Waals surface area contributed by atoms with Crippen LogP contribution in [0.15, 0.2) is 18.2 Å². The summed E-state index contributed by atoms with van der Waals surface area (Å²) in [5.41, 5.74) is 8.15. The van der Waals surface area contributed by atoms with Crippen LogP contribution in [0.1, 0.15) is 65.6 Å². The van der Waals surface area contributed by atoms with Gasteiger partial charge in [-0.3, -0.25) is 4.79 Å². The van der Waals surface area contributed by atoms with Crippen molar-refractivity contribution in [1.82, 2.24) is 24.8 Å². The molecule has 2 aromatic heterocycles. The van der Waals surface area contributed by atoms with Gasteiger partial charge in [0.25, 0.3) is 0 Å². The zero-order valence-corrected chi connectivity index (χ0v) is 24.1. The minimum atomic E-state index is -0.526. The number of nitrogens with one attached hydrogen (secondary N) is 1. The van der Waals surface area contributed by atoms with Crippen LogP contribution in [0.2, 0.25) is 0 Å². The molecule has 11 heteroatoms. The SMILES string of the molecule is CCOCc1nc2c(N)nc3cc(OCCCN4CCCC4=O)ccc3c2n1CCCCNC(=O)OC(C)(C)C. The van der Waals surface area contributed by atoms with Crippen LogP contribution in [-0.2, 0) is 27.4 Å². The molecule has 2 amide bonds. The first kappa shape index (κ1) is 29.4. The van der Waals surface area contributed by atoms with Gasteiger partial charge in [-0.2, -0.15) is 0 Å². The van der Waals surface area contributed by atoms with Crippen molar-refractivity contribution < 1.29 is 23.8 Å². The molecule has 11 nitrogen and oxygen atoms in total. The summed E-state index contributed by atoms with van der Waals surface area (Å²) in [6.45, 7) is 11.7. The summed E-state index contributed by atoms with van der Waals surface area (Å²) in [4.78, 5) is 35.1. The fourth-order valence-corrected chi connectivity index (χ4v) is 4.86. The van der Waals surface area contributed by atoms with Gasteiger partial charge in [-0.25, -0.2) is 14.8 Å². The topological polar surface area (TPSA) is 134 Å². The molecule has 0 radical (unpaired) electrons. The van der Waals surface area contributed by atoms with Crippen LogP contribution in [0.4, 0.5) is 10.6 Å². The van der Waals surface area contributed by atoms with Gasteiger partial charge >= 0.3 is 6.09 Å². The number of aromatic nitrogens is 3. The molecule has 1 saturated heterocycles. The highest BCUT2D eigenvalue weighted by atomic mass is 16.6. The van der Waals surface area contributed by atoms with Crippen LogP contribution in [0.5, 0.6) is 5.75 Å². The monoisotopic (exact) mass is 554 g/mol. The number of nitrogens with two attached hydrogens (primary N) is 1. The molecule has 0 atom stereocenters. The minimum absolute atomic E-state index is 0.231. The number of nitrogens with zero attached hydrogens (tertiary/aromatic N) is 4. The molecular formula is C29H42N6O5. The van der Waals surface area contributed by atoms with Crippen LogP contribution in [-0.4, -0.2) is 69.9 Å². The van der Waals surface area contributed by atoms with Gasteiger partial charge in [0, 0.05) is 50.7 Å². The van der Waals surface area contributed by atoms with Crippen molar-refractivity contribution in [2.75, 3.05) is 38.6 Å². The average molecular weight is 555 g/mol. The molecule has 0 saturated carbocycles. The molecule has 1 aliphatic rings. The number of nitrogen functional groups attached to an aromatic ring is 1. The van der Waals surface area contributed by atoms with E-state index >= 15 is 0 Å². The molecule has 0 unspecified atom stereocenters. The van der Waals surface area contributed by atoms with E-state index in [0.717, 1.165) is 54.5 Å². The van der Waals surface area contributed by atoms with Crippen molar-refractivity contribution in [3.05, 3.63) is 24.0 Å². The summed E-state index contributed by atoms with van der Waals surface area (Å²) < 4.78 is 19.1. The Morgan fingerprint density at radius 3 is 2.70 bits per heavy atom. The number of imidazole rings is 1. The first-order chi connectivity index (χ1) is 19.2. The van der Waals surface area contributed by atoms with Gasteiger partial charge in [-0.1, -0.05) is 0 Å². The third kappa shape index (κ3) is 7.53. The summed E-state index contributed by atoms with van der Waals surface area (Å²) in [6, 6.07) is 5.83. The molecule has 1 aromatic carbocycles. The number of alkyl carbamates (subject to hydrolysis) is 1. The first-order valence-corrected chi connectivity index (χ1v) is 14.2. The maximum Gasteiger partial charge on any atom is 0.407 e. The molecule has 0 spiro atoms. The Morgan fingerprint density at radius 1 is 1.15 bits per heavy atom. The Bertz CT molecular complexity index is 1330. The summed E-state index contributed by atoms with van der Waals surface area (Å²) in [5, 5.41) is 3.75. The lowest BCUT2D eigenvalue weighted by atomic mass is 10.1. The van der Waals surface area contributed by atoms with Crippen LogP contribution < -0.4 is 15.8 Å². The van der Waals surface area contributed by atoms with E-state index in [2.05, 4.69) is 14.9 Å². The van der Waals surface area contributed by atoms with Gasteiger partial charge < -0.3 is 34.7 Å². The minimum Gasteiger partial charge on any atom is -0.493 e. The predicted molar refractivity (Wildman–Crippen MR) is 154 cm³/mol. The maximum atomic E-state index is 12.0. The van der Waals surface area contributed by atoms with E-state index in [-0.39, 0.29) is 5.91 Å². The Hall–Kier alpha value is -3.60. The number of fused-ring (bicyclic) bond motifs is 3. The van der Waals surface area contributed by atoms with Gasteiger partial charge in [0.15, 0.2) is 5.82 Å². The normalized spacial score (nSPS) is 13.9. The fraction of sp³-hybridized carbons (Fsp3) is 0.586. The van der Waals surface area contributed by atoms with Crippen LogP contribution in [0.25, 0.3) is 21.9 Å². The van der Waals surface area contributed by atoms with Gasteiger partial charge in [-0.05, 0) is 65.5 Å². The van der Waals surface area contributed by atoms with Crippen molar-refractivity contribution in [1.29, 1.82) is 0 Å². The average Bonchev–Trinajstić information content (AvgIpc) is 3.47. The predicted octanol–water partition coefficient (Wildman–Crippen LogP) is 4.40. The van der Waals surface area contributed by atoms with E-state index in [1.807, 2.05) is 50.8 Å². The van der Waals surface area contributed by atoms with Crippen LogP contribution in [0, 0.1) is 0 Å². The molecular weight excluding hydrogens is 512 g/mol.